The van der Waals surface area contributed by atoms with Crippen molar-refractivity contribution in [3.63, 3.8) is 0 Å². The number of nitrogens with zero attached hydrogens (tertiary/aromatic N) is 2. The fourth-order valence-electron chi connectivity index (χ4n) is 4.17. The van der Waals surface area contributed by atoms with Gasteiger partial charge in [-0.2, -0.15) is 5.10 Å². The van der Waals surface area contributed by atoms with Gasteiger partial charge in [0.15, 0.2) is 0 Å². The van der Waals surface area contributed by atoms with Gasteiger partial charge in [0.2, 0.25) is 5.91 Å². The van der Waals surface area contributed by atoms with E-state index >= 15 is 0 Å². The van der Waals surface area contributed by atoms with Crippen molar-refractivity contribution in [3.8, 4) is 0 Å². The quantitative estimate of drug-likeness (QED) is 0.871. The van der Waals surface area contributed by atoms with Crippen LogP contribution < -0.4 is 5.32 Å². The molecule has 2 heterocycles. The lowest BCUT2D eigenvalue weighted by molar-refractivity contribution is -0.121. The van der Waals surface area contributed by atoms with Gasteiger partial charge in [0.05, 0.1) is 12.1 Å². The molecule has 4 rings (SSSR count). The fourth-order valence-corrected chi connectivity index (χ4v) is 4.17. The van der Waals surface area contributed by atoms with Gasteiger partial charge in [-0.3, -0.25) is 14.7 Å². The van der Waals surface area contributed by atoms with Crippen LogP contribution in [0.4, 0.5) is 0 Å². The Balaban J connectivity index is 1.34. The number of aryl methyl sites for hydroxylation is 1. The summed E-state index contributed by atoms with van der Waals surface area (Å²) in [6, 6.07) is 9.34. The van der Waals surface area contributed by atoms with Crippen molar-refractivity contribution in [2.45, 2.75) is 51.0 Å². The number of aromatic amines is 1. The number of piperidine rings is 1. The molecule has 2 aliphatic rings. The number of hydrogen-bond acceptors (Lipinski definition) is 3. The van der Waals surface area contributed by atoms with Crippen molar-refractivity contribution in [2.75, 3.05) is 13.1 Å². The molecule has 1 atom stereocenters. The standard InChI is InChI=1S/C21H26N4O2/c26-20(13-19-17-10-4-5-11-18(17)23-24-19)22-16-9-6-12-25(14-16)21(27)15-7-2-1-3-8-15/h1-3,7-8,16H,4-6,9-14H2,(H,22,26)(H,23,24). The van der Waals surface area contributed by atoms with Crippen molar-refractivity contribution in [2.24, 2.45) is 0 Å². The number of H-pyrrole nitrogens is 1. The van der Waals surface area contributed by atoms with E-state index in [9.17, 15) is 9.59 Å². The lowest BCUT2D eigenvalue weighted by Crippen LogP contribution is -2.50. The summed E-state index contributed by atoms with van der Waals surface area (Å²) in [7, 11) is 0. The summed E-state index contributed by atoms with van der Waals surface area (Å²) in [6.07, 6.45) is 6.52. The highest BCUT2D eigenvalue weighted by Crippen LogP contribution is 2.22. The van der Waals surface area contributed by atoms with Crippen molar-refractivity contribution < 1.29 is 9.59 Å². The molecule has 142 valence electrons. The van der Waals surface area contributed by atoms with E-state index in [1.54, 1.807) is 0 Å². The minimum Gasteiger partial charge on any atom is -0.351 e. The molecule has 6 heteroatoms. The Bertz CT molecular complexity index is 815. The molecular weight excluding hydrogens is 340 g/mol. The van der Waals surface area contributed by atoms with Crippen LogP contribution in [0.1, 0.15) is 53.0 Å². The van der Waals surface area contributed by atoms with Crippen LogP contribution in [0.3, 0.4) is 0 Å². The van der Waals surface area contributed by atoms with Crippen LogP contribution in [0.25, 0.3) is 0 Å². The highest BCUT2D eigenvalue weighted by atomic mass is 16.2. The minimum atomic E-state index is -0.00566. The molecule has 1 aromatic heterocycles. The lowest BCUT2D eigenvalue weighted by Gasteiger charge is -2.33. The largest absolute Gasteiger partial charge is 0.351 e. The molecule has 0 saturated carbocycles. The van der Waals surface area contributed by atoms with E-state index in [1.807, 2.05) is 35.2 Å². The third-order valence-corrected chi connectivity index (χ3v) is 5.56. The van der Waals surface area contributed by atoms with E-state index in [4.69, 9.17) is 0 Å². The van der Waals surface area contributed by atoms with Crippen molar-refractivity contribution >= 4 is 11.8 Å². The van der Waals surface area contributed by atoms with Gasteiger partial charge in [0.25, 0.3) is 5.91 Å². The SMILES string of the molecule is O=C(Cc1n[nH]c2c1CCCC2)NC1CCCN(C(=O)c2ccccc2)C1. The smallest absolute Gasteiger partial charge is 0.253 e. The average molecular weight is 366 g/mol. The first-order valence-corrected chi connectivity index (χ1v) is 9.89. The molecule has 1 unspecified atom stereocenters. The molecule has 2 N–H and O–H groups in total. The molecule has 2 aromatic rings. The molecule has 1 saturated heterocycles. The Morgan fingerprint density at radius 3 is 2.81 bits per heavy atom. The Labute approximate surface area is 159 Å². The number of likely N-dealkylation sites (tertiary alicyclic amines) is 1. The number of aromatic nitrogens is 2. The van der Waals surface area contributed by atoms with Crippen molar-refractivity contribution in [1.29, 1.82) is 0 Å². The molecule has 1 fully saturated rings. The van der Waals surface area contributed by atoms with Gasteiger partial charge in [-0.1, -0.05) is 18.2 Å². The lowest BCUT2D eigenvalue weighted by atomic mass is 9.95. The van der Waals surface area contributed by atoms with Crippen LogP contribution in [-0.4, -0.2) is 46.0 Å². The molecule has 6 nitrogen and oxygen atoms in total. The molecule has 27 heavy (non-hydrogen) atoms. The number of carbonyl (C=O) groups excluding carboxylic acids is 2. The molecule has 0 radical (unpaired) electrons. The second-order valence-electron chi connectivity index (χ2n) is 7.54. The average Bonchev–Trinajstić information content (AvgIpc) is 3.11. The van der Waals surface area contributed by atoms with Gasteiger partial charge in [0.1, 0.15) is 0 Å². The summed E-state index contributed by atoms with van der Waals surface area (Å²) in [4.78, 5) is 27.0. The Kier molecular flexibility index (Phi) is 5.23. The van der Waals surface area contributed by atoms with Crippen LogP contribution in [0.5, 0.6) is 0 Å². The highest BCUT2D eigenvalue weighted by Gasteiger charge is 2.26. The number of carbonyl (C=O) groups is 2. The summed E-state index contributed by atoms with van der Waals surface area (Å²) in [6.45, 7) is 1.31. The van der Waals surface area contributed by atoms with E-state index in [1.165, 1.54) is 24.1 Å². The van der Waals surface area contributed by atoms with Crippen LogP contribution >= 0.6 is 0 Å². The minimum absolute atomic E-state index is 0.00566. The summed E-state index contributed by atoms with van der Waals surface area (Å²) >= 11 is 0. The van der Waals surface area contributed by atoms with E-state index < -0.39 is 0 Å². The van der Waals surface area contributed by atoms with Crippen molar-refractivity contribution in [1.82, 2.24) is 20.4 Å². The van der Waals surface area contributed by atoms with Crippen LogP contribution in [0.2, 0.25) is 0 Å². The first-order valence-electron chi connectivity index (χ1n) is 9.89. The second kappa shape index (κ2) is 7.94. The maximum Gasteiger partial charge on any atom is 0.253 e. The number of amides is 2. The molecule has 0 spiro atoms. The predicted molar refractivity (Wildman–Crippen MR) is 102 cm³/mol. The van der Waals surface area contributed by atoms with Gasteiger partial charge in [-0.25, -0.2) is 0 Å². The molecule has 0 bridgehead atoms. The number of fused-ring (bicyclic) bond motifs is 1. The maximum atomic E-state index is 12.6. The van der Waals surface area contributed by atoms with Gasteiger partial charge in [0, 0.05) is 30.4 Å². The summed E-state index contributed by atoms with van der Waals surface area (Å²) < 4.78 is 0. The van der Waals surface area contributed by atoms with E-state index in [0.29, 0.717) is 18.5 Å². The topological polar surface area (TPSA) is 78.1 Å². The predicted octanol–water partition coefficient (Wildman–Crippen LogP) is 2.25. The van der Waals surface area contributed by atoms with Gasteiger partial charge in [-0.05, 0) is 56.2 Å². The first kappa shape index (κ1) is 17.8. The van der Waals surface area contributed by atoms with Crippen LogP contribution in [-0.2, 0) is 24.1 Å². The van der Waals surface area contributed by atoms with E-state index in [-0.39, 0.29) is 17.9 Å². The highest BCUT2D eigenvalue weighted by molar-refractivity contribution is 5.94. The van der Waals surface area contributed by atoms with E-state index in [2.05, 4.69) is 15.5 Å². The summed E-state index contributed by atoms with van der Waals surface area (Å²) in [5.74, 6) is 0.0322. The van der Waals surface area contributed by atoms with Crippen molar-refractivity contribution in [3.05, 3.63) is 52.8 Å². The van der Waals surface area contributed by atoms with Gasteiger partial charge >= 0.3 is 0 Å². The maximum absolute atomic E-state index is 12.6. The second-order valence-corrected chi connectivity index (χ2v) is 7.54. The third kappa shape index (κ3) is 4.04. The van der Waals surface area contributed by atoms with Gasteiger partial charge < -0.3 is 10.2 Å². The zero-order valence-corrected chi connectivity index (χ0v) is 15.5. The fraction of sp³-hybridized carbons (Fsp3) is 0.476. The molecule has 2 amide bonds. The van der Waals surface area contributed by atoms with Crippen LogP contribution in [0.15, 0.2) is 30.3 Å². The number of hydrogen-bond donors (Lipinski definition) is 2. The molecular formula is C21H26N4O2. The van der Waals surface area contributed by atoms with Gasteiger partial charge in [-0.15, -0.1) is 0 Å². The number of benzene rings is 1. The first-order chi connectivity index (χ1) is 13.2. The monoisotopic (exact) mass is 366 g/mol. The third-order valence-electron chi connectivity index (χ3n) is 5.56. The molecule has 1 aliphatic heterocycles. The zero-order chi connectivity index (χ0) is 18.6. The number of nitrogens with one attached hydrogen (secondary N) is 2. The Morgan fingerprint density at radius 2 is 1.96 bits per heavy atom. The normalized spacial score (nSPS) is 19.4. The zero-order valence-electron chi connectivity index (χ0n) is 15.5. The summed E-state index contributed by atoms with van der Waals surface area (Å²) in [5, 5.41) is 10.6. The summed E-state index contributed by atoms with van der Waals surface area (Å²) in [5.41, 5.74) is 4.02. The molecule has 1 aromatic carbocycles. The molecule has 1 aliphatic carbocycles. The Morgan fingerprint density at radius 1 is 1.15 bits per heavy atom. The van der Waals surface area contributed by atoms with E-state index in [0.717, 1.165) is 37.9 Å². The van der Waals surface area contributed by atoms with Crippen LogP contribution in [0, 0.1) is 0 Å². The Hall–Kier alpha value is -2.63. The number of rotatable bonds is 4.